The Bertz CT molecular complexity index is 374. The summed E-state index contributed by atoms with van der Waals surface area (Å²) in [6.07, 6.45) is 1.64. The van der Waals surface area contributed by atoms with Gasteiger partial charge in [0, 0.05) is 12.5 Å². The third-order valence-electron chi connectivity index (χ3n) is 3.56. The summed E-state index contributed by atoms with van der Waals surface area (Å²) >= 11 is 0. The number of nitrogens with zero attached hydrogens (tertiary/aromatic N) is 1. The van der Waals surface area contributed by atoms with E-state index >= 15 is 0 Å². The van der Waals surface area contributed by atoms with Crippen molar-refractivity contribution < 1.29 is 9.21 Å². The van der Waals surface area contributed by atoms with Gasteiger partial charge in [-0.3, -0.25) is 4.79 Å². The fourth-order valence-electron chi connectivity index (χ4n) is 2.67. The molecule has 3 rings (SSSR count). The molecule has 1 aromatic heterocycles. The van der Waals surface area contributed by atoms with Gasteiger partial charge in [0.15, 0.2) is 0 Å². The highest BCUT2D eigenvalue weighted by molar-refractivity contribution is 5.85. The Balaban J connectivity index is 1.65. The van der Waals surface area contributed by atoms with Crippen LogP contribution in [0.25, 0.3) is 0 Å². The maximum atomic E-state index is 11.9. The number of likely N-dealkylation sites (tertiary alicyclic amines) is 1. The molecule has 0 bridgehead atoms. The highest BCUT2D eigenvalue weighted by atomic mass is 16.3. The van der Waals surface area contributed by atoms with E-state index in [1.807, 2.05) is 17.0 Å². The van der Waals surface area contributed by atoms with Crippen molar-refractivity contribution in [2.45, 2.75) is 6.54 Å². The normalized spacial score (nSPS) is 33.3. The number of rotatable bonds is 3. The number of fused-ring (bicyclic) bond motifs is 1. The number of amides is 1. The molecule has 1 saturated carbocycles. The Morgan fingerprint density at radius 1 is 1.60 bits per heavy atom. The monoisotopic (exact) mass is 206 g/mol. The Morgan fingerprint density at radius 2 is 2.47 bits per heavy atom. The number of piperidine rings is 1. The zero-order valence-corrected chi connectivity index (χ0v) is 8.43. The molecule has 4 heteroatoms. The van der Waals surface area contributed by atoms with Crippen LogP contribution >= 0.6 is 0 Å². The van der Waals surface area contributed by atoms with Crippen LogP contribution < -0.4 is 5.73 Å². The summed E-state index contributed by atoms with van der Waals surface area (Å²) in [5, 5.41) is 0. The molecule has 1 aliphatic heterocycles. The minimum absolute atomic E-state index is 0.213. The van der Waals surface area contributed by atoms with Crippen LogP contribution in [0.5, 0.6) is 0 Å². The molecule has 1 saturated heterocycles. The first-order valence-corrected chi connectivity index (χ1v) is 5.32. The van der Waals surface area contributed by atoms with Gasteiger partial charge in [-0.25, -0.2) is 0 Å². The van der Waals surface area contributed by atoms with Crippen LogP contribution in [-0.4, -0.2) is 23.9 Å². The van der Waals surface area contributed by atoms with E-state index in [4.69, 9.17) is 10.2 Å². The molecule has 3 atom stereocenters. The first-order valence-electron chi connectivity index (χ1n) is 5.32. The van der Waals surface area contributed by atoms with Gasteiger partial charge in [-0.15, -0.1) is 0 Å². The van der Waals surface area contributed by atoms with E-state index in [9.17, 15) is 4.79 Å². The number of furan rings is 1. The third-order valence-corrected chi connectivity index (χ3v) is 3.56. The number of nitrogens with two attached hydrogens (primary N) is 1. The quantitative estimate of drug-likeness (QED) is 0.780. The molecule has 2 heterocycles. The summed E-state index contributed by atoms with van der Waals surface area (Å²) in [6, 6.07) is 3.75. The predicted octanol–water partition coefficient (Wildman–Crippen LogP) is 0.443. The van der Waals surface area contributed by atoms with Gasteiger partial charge in [0.1, 0.15) is 5.76 Å². The van der Waals surface area contributed by atoms with E-state index in [0.29, 0.717) is 24.9 Å². The second-order valence-electron chi connectivity index (χ2n) is 4.39. The van der Waals surface area contributed by atoms with E-state index in [2.05, 4.69) is 0 Å². The lowest BCUT2D eigenvalue weighted by Gasteiger charge is -2.18. The molecule has 0 radical (unpaired) electrons. The van der Waals surface area contributed by atoms with Crippen molar-refractivity contribution in [2.75, 3.05) is 13.1 Å². The van der Waals surface area contributed by atoms with Gasteiger partial charge in [0.05, 0.1) is 12.8 Å². The number of hydrogen-bond acceptors (Lipinski definition) is 3. The van der Waals surface area contributed by atoms with E-state index in [0.717, 1.165) is 12.3 Å². The van der Waals surface area contributed by atoms with Crippen LogP contribution in [-0.2, 0) is 11.3 Å². The van der Waals surface area contributed by atoms with Crippen molar-refractivity contribution in [2.24, 2.45) is 23.5 Å². The first kappa shape index (κ1) is 8.97. The maximum Gasteiger partial charge on any atom is 0.226 e. The van der Waals surface area contributed by atoms with Crippen molar-refractivity contribution >= 4 is 5.91 Å². The zero-order chi connectivity index (χ0) is 10.4. The summed E-state index contributed by atoms with van der Waals surface area (Å²) in [4.78, 5) is 13.7. The molecule has 0 aromatic carbocycles. The Hall–Kier alpha value is -1.29. The molecule has 0 spiro atoms. The van der Waals surface area contributed by atoms with E-state index < -0.39 is 0 Å². The summed E-state index contributed by atoms with van der Waals surface area (Å²) in [5.41, 5.74) is 5.58. The largest absolute Gasteiger partial charge is 0.467 e. The zero-order valence-electron chi connectivity index (χ0n) is 8.43. The second-order valence-corrected chi connectivity index (χ2v) is 4.39. The van der Waals surface area contributed by atoms with Crippen LogP contribution in [0.3, 0.4) is 0 Å². The highest BCUT2D eigenvalue weighted by Gasteiger charge is 2.60. The van der Waals surface area contributed by atoms with Crippen molar-refractivity contribution in [3.8, 4) is 0 Å². The maximum absolute atomic E-state index is 11.9. The summed E-state index contributed by atoms with van der Waals surface area (Å²) in [6.45, 7) is 2.11. The molecule has 1 aromatic rings. The van der Waals surface area contributed by atoms with Crippen molar-refractivity contribution in [1.29, 1.82) is 0 Å². The van der Waals surface area contributed by atoms with E-state index in [1.165, 1.54) is 0 Å². The van der Waals surface area contributed by atoms with Crippen molar-refractivity contribution in [3.63, 3.8) is 0 Å². The lowest BCUT2D eigenvalue weighted by molar-refractivity contribution is -0.131. The second kappa shape index (κ2) is 3.10. The molecule has 4 nitrogen and oxygen atoms in total. The van der Waals surface area contributed by atoms with E-state index in [-0.39, 0.29) is 11.8 Å². The first-order chi connectivity index (χ1) is 7.31. The van der Waals surface area contributed by atoms with Gasteiger partial charge in [-0.1, -0.05) is 0 Å². The summed E-state index contributed by atoms with van der Waals surface area (Å²) in [7, 11) is 0. The van der Waals surface area contributed by atoms with Crippen molar-refractivity contribution in [3.05, 3.63) is 24.2 Å². The molecular weight excluding hydrogens is 192 g/mol. The van der Waals surface area contributed by atoms with Crippen LogP contribution in [0.1, 0.15) is 5.76 Å². The Morgan fingerprint density at radius 3 is 3.00 bits per heavy atom. The van der Waals surface area contributed by atoms with E-state index in [1.54, 1.807) is 6.26 Å². The highest BCUT2D eigenvalue weighted by Crippen LogP contribution is 2.52. The smallest absolute Gasteiger partial charge is 0.226 e. The molecule has 2 aliphatic rings. The average Bonchev–Trinajstić information content (AvgIpc) is 2.59. The lowest BCUT2D eigenvalue weighted by Crippen LogP contribution is -2.30. The lowest BCUT2D eigenvalue weighted by atomic mass is 10.2. The minimum atomic E-state index is 0.213. The standard InChI is InChI=1S/C11H14N2O2/c12-4-8-9-6-13(11(14)10(8)9)5-7-2-1-3-15-7/h1-3,8-10H,4-6,12H2. The fraction of sp³-hybridized carbons (Fsp3) is 0.545. The molecule has 2 N–H and O–H groups in total. The number of hydrogen-bond donors (Lipinski definition) is 1. The SMILES string of the molecule is NCC1C2CN(Cc3ccco3)C(=O)C12. The van der Waals surface area contributed by atoms with Crippen LogP contribution in [0.2, 0.25) is 0 Å². The fourth-order valence-corrected chi connectivity index (χ4v) is 2.67. The summed E-state index contributed by atoms with van der Waals surface area (Å²) < 4.78 is 5.23. The molecule has 80 valence electrons. The van der Waals surface area contributed by atoms with Gasteiger partial charge in [0.25, 0.3) is 0 Å². The van der Waals surface area contributed by atoms with Crippen LogP contribution in [0.4, 0.5) is 0 Å². The number of carbonyl (C=O) groups excluding carboxylic acids is 1. The van der Waals surface area contributed by atoms with Gasteiger partial charge >= 0.3 is 0 Å². The topological polar surface area (TPSA) is 59.5 Å². The van der Waals surface area contributed by atoms with Crippen LogP contribution in [0.15, 0.2) is 22.8 Å². The van der Waals surface area contributed by atoms with Gasteiger partial charge in [-0.05, 0) is 30.5 Å². The molecular formula is C11H14N2O2. The van der Waals surface area contributed by atoms with Gasteiger partial charge in [-0.2, -0.15) is 0 Å². The minimum Gasteiger partial charge on any atom is -0.467 e. The number of carbonyl (C=O) groups is 1. The van der Waals surface area contributed by atoms with Crippen molar-refractivity contribution in [1.82, 2.24) is 4.90 Å². The van der Waals surface area contributed by atoms with Gasteiger partial charge < -0.3 is 15.1 Å². The Kier molecular flexibility index (Phi) is 1.85. The molecule has 2 fully saturated rings. The molecule has 3 unspecified atom stereocenters. The summed E-state index contributed by atoms with van der Waals surface area (Å²) in [5.74, 6) is 2.29. The van der Waals surface area contributed by atoms with Gasteiger partial charge in [0.2, 0.25) is 5.91 Å². The molecule has 1 amide bonds. The predicted molar refractivity (Wildman–Crippen MR) is 53.6 cm³/mol. The third kappa shape index (κ3) is 1.28. The average molecular weight is 206 g/mol. The molecule has 1 aliphatic carbocycles. The van der Waals surface area contributed by atoms with Crippen LogP contribution in [0, 0.1) is 17.8 Å². The Labute approximate surface area is 88.0 Å². The molecule has 15 heavy (non-hydrogen) atoms.